The van der Waals surface area contributed by atoms with Gasteiger partial charge in [-0.3, -0.25) is 0 Å². The molecule has 0 saturated carbocycles. The van der Waals surface area contributed by atoms with E-state index in [2.05, 4.69) is 16.3 Å². The molecule has 1 rings (SSSR count). The van der Waals surface area contributed by atoms with Crippen LogP contribution >= 0.6 is 11.8 Å². The molecule has 52 valence electrons. The molecule has 0 atom stereocenters. The topological polar surface area (TPSA) is 29.4 Å². The van der Waals surface area contributed by atoms with Crippen molar-refractivity contribution in [3.63, 3.8) is 0 Å². The molecule has 0 amide bonds. The summed E-state index contributed by atoms with van der Waals surface area (Å²) in [7, 11) is 0. The summed E-state index contributed by atoms with van der Waals surface area (Å²) in [5.74, 6) is 0. The van der Waals surface area contributed by atoms with Crippen LogP contribution in [0.5, 0.6) is 0 Å². The molecule has 0 aromatic heterocycles. The monoisotopic (exact) mass is 155 g/mol. The highest BCUT2D eigenvalue weighted by molar-refractivity contribution is 6.16. The second kappa shape index (κ2) is 7.89. The second-order valence-corrected chi connectivity index (χ2v) is 1.50. The van der Waals surface area contributed by atoms with Gasteiger partial charge in [-0.15, -0.1) is 0 Å². The van der Waals surface area contributed by atoms with Gasteiger partial charge in [0.25, 0.3) is 6.08 Å². The van der Waals surface area contributed by atoms with Gasteiger partial charge in [0.05, 0.1) is 0 Å². The number of benzene rings is 1. The van der Waals surface area contributed by atoms with Crippen LogP contribution in [-0.4, -0.2) is 6.08 Å². The largest absolute Gasteiger partial charge is 0.253 e. The Hall–Kier alpha value is -1.11. The lowest BCUT2D eigenvalue weighted by atomic mass is 10.4. The average molecular weight is 156 g/mol. The Balaban J connectivity index is 0.000000180. The van der Waals surface area contributed by atoms with Gasteiger partial charge in [-0.25, -0.2) is 4.79 Å². The Morgan fingerprint density at radius 3 is 1.30 bits per heavy atom. The maximum atomic E-state index is 8.75. The summed E-state index contributed by atoms with van der Waals surface area (Å²) in [6.07, 6.45) is 1.07. The average Bonchev–Trinajstić information content (AvgIpc) is 2.08. The van der Waals surface area contributed by atoms with Crippen molar-refractivity contribution in [1.82, 2.24) is 0 Å². The molecular formula is C7H6ClNO. The number of nitrogens with zero attached hydrogens (tertiary/aromatic N) is 1. The molecule has 1 aromatic rings. The summed E-state index contributed by atoms with van der Waals surface area (Å²) in [4.78, 5) is 8.75. The molecule has 1 aromatic carbocycles. The maximum absolute atomic E-state index is 8.75. The maximum Gasteiger partial charge on any atom is 0.253 e. The third-order valence-electron chi connectivity index (χ3n) is 0.701. The Morgan fingerprint density at radius 1 is 1.00 bits per heavy atom. The quantitative estimate of drug-likeness (QED) is 0.417. The van der Waals surface area contributed by atoms with E-state index in [0.717, 1.165) is 6.08 Å². The zero-order valence-corrected chi connectivity index (χ0v) is 5.95. The highest BCUT2D eigenvalue weighted by Crippen LogP contribution is 1.79. The van der Waals surface area contributed by atoms with Gasteiger partial charge in [-0.1, -0.05) is 40.9 Å². The van der Waals surface area contributed by atoms with Gasteiger partial charge < -0.3 is 0 Å². The molecule has 10 heavy (non-hydrogen) atoms. The molecule has 0 aliphatic carbocycles. The van der Waals surface area contributed by atoms with E-state index in [1.165, 1.54) is 0 Å². The Morgan fingerprint density at radius 2 is 1.20 bits per heavy atom. The minimum Gasteiger partial charge on any atom is -0.210 e. The number of carbonyl (C=O) groups excluding carboxylic acids is 1. The molecule has 0 bridgehead atoms. The Labute approximate surface area is 64.3 Å². The van der Waals surface area contributed by atoms with Crippen molar-refractivity contribution in [3.8, 4) is 0 Å². The standard InChI is InChI=1S/C6H6.CClNO/c1-2-4-6-5-3-1;2-3-1-4/h1-6H;. The summed E-state index contributed by atoms with van der Waals surface area (Å²) < 4.78 is 2.40. The van der Waals surface area contributed by atoms with Gasteiger partial charge in [0.1, 0.15) is 0 Å². The van der Waals surface area contributed by atoms with Crippen molar-refractivity contribution in [2.45, 2.75) is 0 Å². The fraction of sp³-hybridized carbons (Fsp3) is 0. The van der Waals surface area contributed by atoms with Gasteiger partial charge in [0.2, 0.25) is 0 Å². The lowest BCUT2D eigenvalue weighted by Gasteiger charge is -1.69. The molecule has 0 aliphatic heterocycles. The van der Waals surface area contributed by atoms with Crippen molar-refractivity contribution in [1.29, 1.82) is 0 Å². The highest BCUT2D eigenvalue weighted by Gasteiger charge is 1.57. The molecule has 0 N–H and O–H groups in total. The van der Waals surface area contributed by atoms with Crippen LogP contribution < -0.4 is 0 Å². The van der Waals surface area contributed by atoms with E-state index in [9.17, 15) is 0 Å². The van der Waals surface area contributed by atoms with Gasteiger partial charge in [-0.05, 0) is 0 Å². The van der Waals surface area contributed by atoms with Crippen molar-refractivity contribution in [3.05, 3.63) is 36.4 Å². The van der Waals surface area contributed by atoms with Gasteiger partial charge in [0, 0.05) is 11.8 Å². The van der Waals surface area contributed by atoms with Crippen LogP contribution in [0.4, 0.5) is 0 Å². The van der Waals surface area contributed by atoms with E-state index in [-0.39, 0.29) is 0 Å². The fourth-order valence-corrected chi connectivity index (χ4v) is 0.385. The van der Waals surface area contributed by atoms with Crippen LogP contribution in [0.25, 0.3) is 0 Å². The van der Waals surface area contributed by atoms with Crippen LogP contribution in [0.15, 0.2) is 40.9 Å². The molecule has 0 fully saturated rings. The molecule has 0 spiro atoms. The minimum atomic E-state index is 1.07. The first-order chi connectivity index (χ1) is 4.91. The van der Waals surface area contributed by atoms with Gasteiger partial charge in [0.15, 0.2) is 0 Å². The molecule has 0 aliphatic rings. The molecule has 0 heterocycles. The predicted octanol–water partition coefficient (Wildman–Crippen LogP) is 2.16. The smallest absolute Gasteiger partial charge is 0.210 e. The summed E-state index contributed by atoms with van der Waals surface area (Å²) >= 11 is 4.39. The van der Waals surface area contributed by atoms with E-state index in [4.69, 9.17) is 4.79 Å². The lowest BCUT2D eigenvalue weighted by Crippen LogP contribution is -1.47. The molecule has 3 heteroatoms. The Kier molecular flexibility index (Phi) is 7.01. The van der Waals surface area contributed by atoms with E-state index < -0.39 is 0 Å². The molecular weight excluding hydrogens is 150 g/mol. The number of rotatable bonds is 0. The molecule has 2 nitrogen and oxygen atoms in total. The van der Waals surface area contributed by atoms with E-state index in [1.54, 1.807) is 0 Å². The number of hydrogen-bond acceptors (Lipinski definition) is 2. The zero-order chi connectivity index (χ0) is 7.66. The number of isocyanates is 1. The van der Waals surface area contributed by atoms with Crippen LogP contribution in [-0.2, 0) is 4.79 Å². The second-order valence-electron chi connectivity index (χ2n) is 1.33. The van der Waals surface area contributed by atoms with E-state index in [1.807, 2.05) is 36.4 Å². The first-order valence-electron chi connectivity index (χ1n) is 2.60. The molecule has 0 radical (unpaired) electrons. The summed E-state index contributed by atoms with van der Waals surface area (Å²) in [5.41, 5.74) is 0. The normalized spacial score (nSPS) is 6.50. The van der Waals surface area contributed by atoms with Crippen LogP contribution in [0.2, 0.25) is 0 Å². The highest BCUT2D eigenvalue weighted by atomic mass is 35.5. The van der Waals surface area contributed by atoms with Crippen LogP contribution in [0.1, 0.15) is 0 Å². The first kappa shape index (κ1) is 8.89. The molecule has 0 unspecified atom stereocenters. The van der Waals surface area contributed by atoms with E-state index >= 15 is 0 Å². The SMILES string of the molecule is O=C=NCl.c1ccccc1. The third kappa shape index (κ3) is 6.89. The fourth-order valence-electron chi connectivity index (χ4n) is 0.385. The van der Waals surface area contributed by atoms with Crippen LogP contribution in [0, 0.1) is 0 Å². The van der Waals surface area contributed by atoms with Crippen molar-refractivity contribution in [2.24, 2.45) is 4.51 Å². The van der Waals surface area contributed by atoms with Crippen molar-refractivity contribution < 1.29 is 4.79 Å². The summed E-state index contributed by atoms with van der Waals surface area (Å²) in [6, 6.07) is 12.0. The minimum absolute atomic E-state index is 1.07. The molecule has 0 saturated heterocycles. The van der Waals surface area contributed by atoms with E-state index in [0.29, 0.717) is 0 Å². The van der Waals surface area contributed by atoms with Crippen LogP contribution in [0.3, 0.4) is 0 Å². The lowest BCUT2D eigenvalue weighted by molar-refractivity contribution is 0.566. The predicted molar refractivity (Wildman–Crippen MR) is 40.4 cm³/mol. The number of hydrogen-bond donors (Lipinski definition) is 0. The Bertz CT molecular complexity index is 167. The van der Waals surface area contributed by atoms with Gasteiger partial charge >= 0.3 is 0 Å². The first-order valence-corrected chi connectivity index (χ1v) is 2.93. The zero-order valence-electron chi connectivity index (χ0n) is 5.20. The number of halogens is 1. The third-order valence-corrected chi connectivity index (χ3v) is 0.770. The summed E-state index contributed by atoms with van der Waals surface area (Å²) in [6.45, 7) is 0. The summed E-state index contributed by atoms with van der Waals surface area (Å²) in [5, 5.41) is 0. The van der Waals surface area contributed by atoms with Crippen molar-refractivity contribution >= 4 is 17.9 Å². The van der Waals surface area contributed by atoms with Crippen molar-refractivity contribution in [2.75, 3.05) is 0 Å². The van der Waals surface area contributed by atoms with Gasteiger partial charge in [-0.2, -0.15) is 0 Å².